The van der Waals surface area contributed by atoms with Crippen molar-refractivity contribution in [3.8, 4) is 0 Å². The highest BCUT2D eigenvalue weighted by molar-refractivity contribution is 5.83. The number of aromatic nitrogens is 1. The Kier molecular flexibility index (Phi) is 5.47. The molecule has 5 rings (SSSR count). The number of nitrogens with one attached hydrogen (secondary N) is 1. The van der Waals surface area contributed by atoms with Crippen molar-refractivity contribution in [1.82, 2.24) is 14.8 Å². The number of aliphatic hydroxyl groups is 1. The van der Waals surface area contributed by atoms with E-state index in [2.05, 4.69) is 5.32 Å². The number of fused-ring (bicyclic) bond motifs is 4. The Morgan fingerprint density at radius 1 is 1.09 bits per heavy atom. The van der Waals surface area contributed by atoms with Crippen molar-refractivity contribution in [3.05, 3.63) is 68.6 Å². The van der Waals surface area contributed by atoms with Crippen molar-refractivity contribution in [2.24, 2.45) is 0 Å². The van der Waals surface area contributed by atoms with Gasteiger partial charge in [-0.1, -0.05) is 12.5 Å². The van der Waals surface area contributed by atoms with Gasteiger partial charge in [0, 0.05) is 36.8 Å². The third-order valence-electron chi connectivity index (χ3n) is 7.20. The molecular formula is C24H27F2N3O3. The second kappa shape index (κ2) is 8.17. The number of benzene rings is 1. The zero-order valence-corrected chi connectivity index (χ0v) is 17.9. The van der Waals surface area contributed by atoms with E-state index >= 15 is 0 Å². The highest BCUT2D eigenvalue weighted by Gasteiger charge is 2.41. The maximum atomic E-state index is 13.6. The molecule has 0 saturated heterocycles. The van der Waals surface area contributed by atoms with Crippen LogP contribution in [0.2, 0.25) is 0 Å². The van der Waals surface area contributed by atoms with E-state index in [-0.39, 0.29) is 30.9 Å². The second-order valence-corrected chi connectivity index (χ2v) is 9.20. The molecule has 0 bridgehead atoms. The van der Waals surface area contributed by atoms with Crippen molar-refractivity contribution in [1.29, 1.82) is 0 Å². The van der Waals surface area contributed by atoms with E-state index in [1.165, 1.54) is 12.1 Å². The predicted molar refractivity (Wildman–Crippen MR) is 114 cm³/mol. The van der Waals surface area contributed by atoms with Gasteiger partial charge in [0.2, 0.25) is 0 Å². The maximum Gasteiger partial charge on any atom is 0.252 e. The number of pyridine rings is 1. The average molecular weight is 443 g/mol. The Bertz CT molecular complexity index is 1120. The minimum absolute atomic E-state index is 0.0349. The standard InChI is InChI=1S/C24H27F2N3O3/c25-19-5-4-15(10-20(19)26)14-28-9-6-17-18(23(28)32)12-22(31)29-21(17)11-16(30)13-27-24(29)7-2-1-3-8-24/h4-5,10,12,23,27,32H,1-3,6-9,11,13-14H2. The second-order valence-electron chi connectivity index (χ2n) is 9.20. The van der Waals surface area contributed by atoms with Crippen molar-refractivity contribution in [2.45, 2.75) is 63.4 Å². The van der Waals surface area contributed by atoms with Crippen LogP contribution in [0.3, 0.4) is 0 Å². The van der Waals surface area contributed by atoms with Gasteiger partial charge in [-0.3, -0.25) is 24.4 Å². The molecule has 32 heavy (non-hydrogen) atoms. The first kappa shape index (κ1) is 21.4. The van der Waals surface area contributed by atoms with Gasteiger partial charge in [0.15, 0.2) is 17.4 Å². The maximum absolute atomic E-state index is 13.6. The largest absolute Gasteiger partial charge is 0.374 e. The van der Waals surface area contributed by atoms with E-state index in [1.807, 2.05) is 0 Å². The van der Waals surface area contributed by atoms with E-state index in [0.717, 1.165) is 55.5 Å². The summed E-state index contributed by atoms with van der Waals surface area (Å²) >= 11 is 0. The topological polar surface area (TPSA) is 74.6 Å². The van der Waals surface area contributed by atoms with E-state index in [0.29, 0.717) is 24.1 Å². The van der Waals surface area contributed by atoms with Crippen molar-refractivity contribution in [2.75, 3.05) is 13.1 Å². The number of aliphatic hydroxyl groups excluding tert-OH is 1. The molecule has 1 saturated carbocycles. The molecule has 2 aromatic rings. The SMILES string of the molecule is O=C1CNC2(CCCCC2)n2c(c3c(cc2=O)C(O)N(Cc2ccc(F)c(F)c2)CC3)C1. The van der Waals surface area contributed by atoms with Gasteiger partial charge in [-0.15, -0.1) is 0 Å². The monoisotopic (exact) mass is 443 g/mol. The molecule has 2 N–H and O–H groups in total. The number of hydrogen-bond donors (Lipinski definition) is 2. The highest BCUT2D eigenvalue weighted by atomic mass is 19.2. The molecule has 1 aromatic heterocycles. The molecule has 1 atom stereocenters. The lowest BCUT2D eigenvalue weighted by Gasteiger charge is -2.42. The molecule has 1 aromatic carbocycles. The summed E-state index contributed by atoms with van der Waals surface area (Å²) in [4.78, 5) is 27.7. The Labute approximate surface area is 184 Å². The molecule has 2 aliphatic heterocycles. The first-order chi connectivity index (χ1) is 15.4. The number of hydrogen-bond acceptors (Lipinski definition) is 5. The molecule has 1 spiro atoms. The summed E-state index contributed by atoms with van der Waals surface area (Å²) in [5.41, 5.74) is 1.88. The number of halogens is 2. The summed E-state index contributed by atoms with van der Waals surface area (Å²) in [6.45, 7) is 0.939. The van der Waals surface area contributed by atoms with Gasteiger partial charge in [0.05, 0.1) is 12.2 Å². The zero-order chi connectivity index (χ0) is 22.5. The average Bonchev–Trinajstić information content (AvgIpc) is 2.91. The van der Waals surface area contributed by atoms with Crippen LogP contribution in [0, 0.1) is 11.6 Å². The fourth-order valence-electron chi connectivity index (χ4n) is 5.63. The van der Waals surface area contributed by atoms with Gasteiger partial charge in [0.25, 0.3) is 5.56 Å². The van der Waals surface area contributed by atoms with E-state index in [4.69, 9.17) is 0 Å². The summed E-state index contributed by atoms with van der Waals surface area (Å²) in [5, 5.41) is 14.5. The molecule has 0 radical (unpaired) electrons. The lowest BCUT2D eigenvalue weighted by atomic mass is 9.87. The van der Waals surface area contributed by atoms with Gasteiger partial charge < -0.3 is 5.11 Å². The van der Waals surface area contributed by atoms with Crippen LogP contribution in [0.15, 0.2) is 29.1 Å². The summed E-state index contributed by atoms with van der Waals surface area (Å²) < 4.78 is 28.7. The first-order valence-corrected chi connectivity index (χ1v) is 11.3. The normalized spacial score (nSPS) is 23.0. The number of carbonyl (C=O) groups excluding carboxylic acids is 1. The third kappa shape index (κ3) is 3.60. The lowest BCUT2D eigenvalue weighted by Crippen LogP contribution is -2.54. The van der Waals surface area contributed by atoms with Gasteiger partial charge in [-0.05, 0) is 55.4 Å². The number of Topliss-reactive ketones (excluding diaryl/α,β-unsaturated/α-hetero) is 1. The summed E-state index contributed by atoms with van der Waals surface area (Å²) in [6, 6.07) is 5.18. The summed E-state index contributed by atoms with van der Waals surface area (Å²) in [6.07, 6.45) is 4.39. The van der Waals surface area contributed by atoms with Crippen LogP contribution in [0.1, 0.15) is 60.7 Å². The fraction of sp³-hybridized carbons (Fsp3) is 0.500. The zero-order valence-electron chi connectivity index (χ0n) is 17.9. The quantitative estimate of drug-likeness (QED) is 0.746. The van der Waals surface area contributed by atoms with Crippen molar-refractivity contribution >= 4 is 5.78 Å². The van der Waals surface area contributed by atoms with E-state index in [1.54, 1.807) is 9.47 Å². The first-order valence-electron chi connectivity index (χ1n) is 11.3. The molecule has 1 aliphatic carbocycles. The van der Waals surface area contributed by atoms with Crippen LogP contribution >= 0.6 is 0 Å². The van der Waals surface area contributed by atoms with Gasteiger partial charge in [0.1, 0.15) is 6.23 Å². The molecule has 3 aliphatic rings. The van der Waals surface area contributed by atoms with E-state index < -0.39 is 23.5 Å². The number of ketones is 1. The molecule has 0 amide bonds. The van der Waals surface area contributed by atoms with Crippen LogP contribution in [0.5, 0.6) is 0 Å². The number of rotatable bonds is 2. The molecule has 6 nitrogen and oxygen atoms in total. The van der Waals surface area contributed by atoms with Crippen LogP contribution in [0.4, 0.5) is 8.78 Å². The van der Waals surface area contributed by atoms with E-state index in [9.17, 15) is 23.5 Å². The van der Waals surface area contributed by atoms with Crippen molar-refractivity contribution in [3.63, 3.8) is 0 Å². The Morgan fingerprint density at radius 2 is 1.88 bits per heavy atom. The highest BCUT2D eigenvalue weighted by Crippen LogP contribution is 2.37. The fourth-order valence-corrected chi connectivity index (χ4v) is 5.63. The molecule has 1 unspecified atom stereocenters. The smallest absolute Gasteiger partial charge is 0.252 e. The predicted octanol–water partition coefficient (Wildman–Crippen LogP) is 2.51. The summed E-state index contributed by atoms with van der Waals surface area (Å²) in [5.74, 6) is -1.81. The van der Waals surface area contributed by atoms with Crippen LogP contribution in [0.25, 0.3) is 0 Å². The number of nitrogens with zero attached hydrogens (tertiary/aromatic N) is 2. The third-order valence-corrected chi connectivity index (χ3v) is 7.20. The Hall–Kier alpha value is -2.42. The lowest BCUT2D eigenvalue weighted by molar-refractivity contribution is -0.117. The molecule has 1 fully saturated rings. The Morgan fingerprint density at radius 3 is 2.62 bits per heavy atom. The number of carbonyl (C=O) groups is 1. The summed E-state index contributed by atoms with van der Waals surface area (Å²) in [7, 11) is 0. The molecular weight excluding hydrogens is 416 g/mol. The molecule has 8 heteroatoms. The van der Waals surface area contributed by atoms with Crippen LogP contribution < -0.4 is 10.9 Å². The molecule has 170 valence electrons. The Balaban J connectivity index is 1.54. The van der Waals surface area contributed by atoms with Gasteiger partial charge in [-0.25, -0.2) is 8.78 Å². The minimum Gasteiger partial charge on any atom is -0.374 e. The van der Waals surface area contributed by atoms with Crippen molar-refractivity contribution < 1.29 is 18.7 Å². The molecule has 3 heterocycles. The van der Waals surface area contributed by atoms with Crippen LogP contribution in [-0.4, -0.2) is 33.4 Å². The van der Waals surface area contributed by atoms with Gasteiger partial charge >= 0.3 is 0 Å². The van der Waals surface area contributed by atoms with Gasteiger partial charge in [-0.2, -0.15) is 0 Å². The van der Waals surface area contributed by atoms with Crippen LogP contribution in [-0.2, 0) is 29.8 Å². The minimum atomic E-state index is -1.06.